The SMILES string of the molecule is CC.CC1CC(C(=O)NCc2ccccc2)Oc2ccccc21.[HH]. The van der Waals surface area contributed by atoms with E-state index in [1.54, 1.807) is 0 Å². The lowest BCUT2D eigenvalue weighted by Gasteiger charge is -2.29. The van der Waals surface area contributed by atoms with Crippen LogP contribution >= 0.6 is 0 Å². The fourth-order valence-corrected chi connectivity index (χ4v) is 2.70. The molecule has 124 valence electrons. The van der Waals surface area contributed by atoms with Crippen LogP contribution in [-0.2, 0) is 11.3 Å². The van der Waals surface area contributed by atoms with Crippen LogP contribution in [0.15, 0.2) is 54.6 Å². The first-order chi connectivity index (χ1) is 11.2. The summed E-state index contributed by atoms with van der Waals surface area (Å²) in [7, 11) is 0. The van der Waals surface area contributed by atoms with Gasteiger partial charge in [0.05, 0.1) is 0 Å². The van der Waals surface area contributed by atoms with E-state index in [1.165, 1.54) is 5.56 Å². The van der Waals surface area contributed by atoms with E-state index in [2.05, 4.69) is 18.3 Å². The Morgan fingerprint density at radius 1 is 1.13 bits per heavy atom. The number of benzene rings is 2. The maximum Gasteiger partial charge on any atom is 0.261 e. The smallest absolute Gasteiger partial charge is 0.261 e. The number of carbonyl (C=O) groups excluding carboxylic acids is 1. The highest BCUT2D eigenvalue weighted by atomic mass is 16.5. The van der Waals surface area contributed by atoms with Crippen molar-refractivity contribution in [2.24, 2.45) is 0 Å². The first-order valence-electron chi connectivity index (χ1n) is 8.31. The molecule has 1 aliphatic rings. The van der Waals surface area contributed by atoms with Crippen molar-refractivity contribution in [3.8, 4) is 5.75 Å². The summed E-state index contributed by atoms with van der Waals surface area (Å²) in [5.74, 6) is 1.12. The molecule has 23 heavy (non-hydrogen) atoms. The van der Waals surface area contributed by atoms with Crippen LogP contribution in [0.4, 0.5) is 0 Å². The Balaban J connectivity index is 0.000000925. The fourth-order valence-electron chi connectivity index (χ4n) is 2.70. The minimum atomic E-state index is -0.404. The largest absolute Gasteiger partial charge is 0.480 e. The molecule has 1 aliphatic heterocycles. The Bertz CT molecular complexity index is 631. The molecule has 0 saturated carbocycles. The van der Waals surface area contributed by atoms with Crippen molar-refractivity contribution in [1.29, 1.82) is 0 Å². The summed E-state index contributed by atoms with van der Waals surface area (Å²) in [6.45, 7) is 6.67. The van der Waals surface area contributed by atoms with E-state index < -0.39 is 6.10 Å². The molecule has 2 aromatic carbocycles. The molecule has 0 saturated heterocycles. The summed E-state index contributed by atoms with van der Waals surface area (Å²) in [5.41, 5.74) is 2.28. The number of hydrogen-bond acceptors (Lipinski definition) is 2. The molecule has 0 radical (unpaired) electrons. The molecule has 0 aromatic heterocycles. The summed E-state index contributed by atoms with van der Waals surface area (Å²) < 4.78 is 5.84. The van der Waals surface area contributed by atoms with E-state index in [1.807, 2.05) is 62.4 Å². The third-order valence-electron chi connectivity index (χ3n) is 3.89. The molecule has 1 heterocycles. The summed E-state index contributed by atoms with van der Waals surface area (Å²) in [4.78, 5) is 12.3. The van der Waals surface area contributed by atoms with Gasteiger partial charge in [-0.3, -0.25) is 4.79 Å². The van der Waals surface area contributed by atoms with Crippen LogP contribution in [0.5, 0.6) is 5.75 Å². The molecule has 0 spiro atoms. The van der Waals surface area contributed by atoms with Gasteiger partial charge in [0.2, 0.25) is 0 Å². The lowest BCUT2D eigenvalue weighted by atomic mass is 9.91. The standard InChI is InChI=1S/C18H19NO2.C2H6.H2/c1-13-11-17(21-16-10-6-5-9-15(13)16)18(20)19-12-14-7-3-2-4-8-14;1-2;/h2-10,13,17H,11-12H2,1H3,(H,19,20);1-2H3;1H. The van der Waals surface area contributed by atoms with E-state index >= 15 is 0 Å². The zero-order valence-electron chi connectivity index (χ0n) is 14.1. The van der Waals surface area contributed by atoms with Crippen LogP contribution < -0.4 is 10.1 Å². The predicted octanol–water partition coefficient (Wildman–Crippen LogP) is 4.53. The van der Waals surface area contributed by atoms with Gasteiger partial charge in [-0.2, -0.15) is 0 Å². The van der Waals surface area contributed by atoms with Gasteiger partial charge in [-0.1, -0.05) is 69.3 Å². The molecule has 3 nitrogen and oxygen atoms in total. The normalized spacial score (nSPS) is 18.7. The van der Waals surface area contributed by atoms with Gasteiger partial charge in [0, 0.05) is 14.4 Å². The number of rotatable bonds is 3. The average molecular weight is 313 g/mol. The number of ether oxygens (including phenoxy) is 1. The highest BCUT2D eigenvalue weighted by Crippen LogP contribution is 2.35. The lowest BCUT2D eigenvalue weighted by Crippen LogP contribution is -2.40. The topological polar surface area (TPSA) is 38.3 Å². The van der Waals surface area contributed by atoms with E-state index in [-0.39, 0.29) is 7.33 Å². The molecule has 3 heteroatoms. The second kappa shape index (κ2) is 8.37. The molecule has 0 bridgehead atoms. The Kier molecular flexibility index (Phi) is 6.21. The zero-order valence-corrected chi connectivity index (χ0v) is 14.1. The van der Waals surface area contributed by atoms with Gasteiger partial charge in [0.15, 0.2) is 6.10 Å². The van der Waals surface area contributed by atoms with Crippen molar-refractivity contribution in [2.45, 2.75) is 45.8 Å². The summed E-state index contributed by atoms with van der Waals surface area (Å²) >= 11 is 0. The highest BCUT2D eigenvalue weighted by molar-refractivity contribution is 5.81. The molecule has 2 aromatic rings. The lowest BCUT2D eigenvalue weighted by molar-refractivity contribution is -0.129. The van der Waals surface area contributed by atoms with Gasteiger partial charge >= 0.3 is 0 Å². The number of para-hydroxylation sites is 1. The van der Waals surface area contributed by atoms with E-state index in [0.717, 1.165) is 17.7 Å². The van der Waals surface area contributed by atoms with E-state index in [9.17, 15) is 4.79 Å². The van der Waals surface area contributed by atoms with Crippen LogP contribution in [0, 0.1) is 0 Å². The molecule has 0 fully saturated rings. The summed E-state index contributed by atoms with van der Waals surface area (Å²) in [6.07, 6.45) is 0.316. The third-order valence-corrected chi connectivity index (χ3v) is 3.89. The predicted molar refractivity (Wildman–Crippen MR) is 95.6 cm³/mol. The number of carbonyl (C=O) groups is 1. The van der Waals surface area contributed by atoms with Crippen molar-refractivity contribution in [3.05, 3.63) is 65.7 Å². The third kappa shape index (κ3) is 4.35. The van der Waals surface area contributed by atoms with Crippen LogP contribution in [-0.4, -0.2) is 12.0 Å². The number of amides is 1. The Morgan fingerprint density at radius 3 is 2.52 bits per heavy atom. The van der Waals surface area contributed by atoms with Crippen LogP contribution in [0.1, 0.15) is 45.7 Å². The molecular weight excluding hydrogens is 286 g/mol. The molecular formula is C20H27NO2. The molecule has 1 amide bonds. The molecule has 2 atom stereocenters. The van der Waals surface area contributed by atoms with Gasteiger partial charge in [-0.15, -0.1) is 0 Å². The zero-order chi connectivity index (χ0) is 16.7. The van der Waals surface area contributed by atoms with Gasteiger partial charge < -0.3 is 10.1 Å². The van der Waals surface area contributed by atoms with Gasteiger partial charge in [0.25, 0.3) is 5.91 Å². The molecule has 2 unspecified atom stereocenters. The minimum absolute atomic E-state index is 0. The monoisotopic (exact) mass is 313 g/mol. The second-order valence-electron chi connectivity index (χ2n) is 5.48. The maximum absolute atomic E-state index is 12.3. The first-order valence-corrected chi connectivity index (χ1v) is 8.31. The van der Waals surface area contributed by atoms with Crippen LogP contribution in [0.2, 0.25) is 0 Å². The fraction of sp³-hybridized carbons (Fsp3) is 0.350. The van der Waals surface area contributed by atoms with Crippen molar-refractivity contribution >= 4 is 5.91 Å². The van der Waals surface area contributed by atoms with Crippen LogP contribution in [0.25, 0.3) is 0 Å². The van der Waals surface area contributed by atoms with E-state index in [4.69, 9.17) is 4.74 Å². The summed E-state index contributed by atoms with van der Waals surface area (Å²) in [6, 6.07) is 17.9. The number of fused-ring (bicyclic) bond motifs is 1. The van der Waals surface area contributed by atoms with E-state index in [0.29, 0.717) is 12.5 Å². The van der Waals surface area contributed by atoms with Crippen molar-refractivity contribution in [1.82, 2.24) is 5.32 Å². The van der Waals surface area contributed by atoms with Crippen molar-refractivity contribution < 1.29 is 11.0 Å². The second-order valence-corrected chi connectivity index (χ2v) is 5.48. The Hall–Kier alpha value is -2.29. The number of nitrogens with one attached hydrogen (secondary N) is 1. The average Bonchev–Trinajstić information content (AvgIpc) is 2.62. The minimum Gasteiger partial charge on any atom is -0.480 e. The van der Waals surface area contributed by atoms with Crippen LogP contribution in [0.3, 0.4) is 0 Å². The maximum atomic E-state index is 12.3. The van der Waals surface area contributed by atoms with Gasteiger partial charge in [-0.25, -0.2) is 0 Å². The van der Waals surface area contributed by atoms with Gasteiger partial charge in [0.1, 0.15) is 5.75 Å². The first kappa shape index (κ1) is 17.1. The van der Waals surface area contributed by atoms with Gasteiger partial charge in [-0.05, 0) is 23.1 Å². The molecule has 1 N–H and O–H groups in total. The Labute approximate surface area is 140 Å². The van der Waals surface area contributed by atoms with Crippen molar-refractivity contribution in [3.63, 3.8) is 0 Å². The highest BCUT2D eigenvalue weighted by Gasteiger charge is 2.29. The quantitative estimate of drug-likeness (QED) is 0.904. The number of hydrogen-bond donors (Lipinski definition) is 1. The summed E-state index contributed by atoms with van der Waals surface area (Å²) in [5, 5.41) is 2.96. The molecule has 0 aliphatic carbocycles. The molecule has 3 rings (SSSR count). The van der Waals surface area contributed by atoms with Crippen molar-refractivity contribution in [2.75, 3.05) is 0 Å². The Morgan fingerprint density at radius 2 is 1.78 bits per heavy atom.